The third kappa shape index (κ3) is 5.09. The summed E-state index contributed by atoms with van der Waals surface area (Å²) in [6.45, 7) is 2.95. The van der Waals surface area contributed by atoms with Gasteiger partial charge in [-0.25, -0.2) is 0 Å². The van der Waals surface area contributed by atoms with E-state index in [1.165, 1.54) is 0 Å². The van der Waals surface area contributed by atoms with Crippen LogP contribution in [0.1, 0.15) is 26.7 Å². The molecule has 6 heteroatoms. The molecule has 0 spiro atoms. The van der Waals surface area contributed by atoms with Crippen LogP contribution in [-0.4, -0.2) is 41.3 Å². The Morgan fingerprint density at radius 3 is 2.44 bits per heavy atom. The van der Waals surface area contributed by atoms with E-state index >= 15 is 0 Å². The SMILES string of the molecule is CC(C)(CO)[C@@H](O)C(=O)NCCCC(=O)[O-]. The van der Waals surface area contributed by atoms with Gasteiger partial charge in [0, 0.05) is 17.9 Å². The summed E-state index contributed by atoms with van der Waals surface area (Å²) in [4.78, 5) is 21.4. The summed E-state index contributed by atoms with van der Waals surface area (Å²) in [6, 6.07) is 0. The van der Waals surface area contributed by atoms with Crippen molar-refractivity contribution < 1.29 is 24.9 Å². The first-order valence-electron chi connectivity index (χ1n) is 5.07. The minimum Gasteiger partial charge on any atom is -0.550 e. The molecular formula is C10H18NO5-. The minimum atomic E-state index is -1.32. The quantitative estimate of drug-likeness (QED) is 0.440. The number of carbonyl (C=O) groups is 2. The lowest BCUT2D eigenvalue weighted by molar-refractivity contribution is -0.305. The maximum absolute atomic E-state index is 11.4. The lowest BCUT2D eigenvalue weighted by Gasteiger charge is -2.27. The van der Waals surface area contributed by atoms with Crippen LogP contribution in [0.15, 0.2) is 0 Å². The van der Waals surface area contributed by atoms with Crippen LogP contribution in [0.2, 0.25) is 0 Å². The fourth-order valence-corrected chi connectivity index (χ4v) is 0.982. The molecule has 0 saturated carbocycles. The standard InChI is InChI=1S/C10H19NO5/c1-10(2,6-12)8(15)9(16)11-5-3-4-7(13)14/h8,12,15H,3-6H2,1-2H3,(H,11,16)(H,13,14)/p-1/t8-/m0/s1. The third-order valence-electron chi connectivity index (χ3n) is 2.25. The van der Waals surface area contributed by atoms with E-state index in [0.717, 1.165) is 0 Å². The lowest BCUT2D eigenvalue weighted by atomic mass is 9.87. The largest absolute Gasteiger partial charge is 0.550 e. The Kier molecular flexibility index (Phi) is 5.98. The number of aliphatic carboxylic acids is 1. The van der Waals surface area contributed by atoms with Crippen molar-refractivity contribution in [2.75, 3.05) is 13.2 Å². The van der Waals surface area contributed by atoms with Gasteiger partial charge >= 0.3 is 0 Å². The van der Waals surface area contributed by atoms with Gasteiger partial charge in [-0.2, -0.15) is 0 Å². The highest BCUT2D eigenvalue weighted by atomic mass is 16.4. The van der Waals surface area contributed by atoms with Crippen LogP contribution in [0.5, 0.6) is 0 Å². The van der Waals surface area contributed by atoms with Crippen molar-refractivity contribution in [1.29, 1.82) is 0 Å². The molecule has 6 nitrogen and oxygen atoms in total. The molecule has 16 heavy (non-hydrogen) atoms. The molecule has 0 saturated heterocycles. The number of aliphatic hydroxyl groups is 2. The molecule has 0 aromatic heterocycles. The molecule has 0 bridgehead atoms. The molecule has 0 aromatic carbocycles. The molecule has 1 amide bonds. The van der Waals surface area contributed by atoms with Gasteiger partial charge in [0.15, 0.2) is 0 Å². The zero-order valence-electron chi connectivity index (χ0n) is 9.52. The van der Waals surface area contributed by atoms with Gasteiger partial charge in [0.1, 0.15) is 6.10 Å². The number of amides is 1. The second-order valence-corrected chi connectivity index (χ2v) is 4.32. The molecule has 1 atom stereocenters. The topological polar surface area (TPSA) is 110 Å². The highest BCUT2D eigenvalue weighted by molar-refractivity contribution is 5.81. The molecule has 0 aliphatic carbocycles. The van der Waals surface area contributed by atoms with E-state index < -0.39 is 23.4 Å². The first-order chi connectivity index (χ1) is 7.31. The van der Waals surface area contributed by atoms with Gasteiger partial charge in [-0.05, 0) is 12.8 Å². The molecule has 0 unspecified atom stereocenters. The maximum atomic E-state index is 11.4. The summed E-state index contributed by atoms with van der Waals surface area (Å²) in [5.74, 6) is -1.79. The van der Waals surface area contributed by atoms with Gasteiger partial charge < -0.3 is 25.4 Å². The van der Waals surface area contributed by atoms with E-state index in [9.17, 15) is 19.8 Å². The zero-order chi connectivity index (χ0) is 12.8. The highest BCUT2D eigenvalue weighted by Gasteiger charge is 2.32. The first-order valence-corrected chi connectivity index (χ1v) is 5.07. The lowest BCUT2D eigenvalue weighted by Crippen LogP contribution is -2.45. The average Bonchev–Trinajstić information content (AvgIpc) is 2.22. The summed E-state index contributed by atoms with van der Waals surface area (Å²) in [7, 11) is 0. The fourth-order valence-electron chi connectivity index (χ4n) is 0.982. The van der Waals surface area contributed by atoms with Gasteiger partial charge in [-0.15, -0.1) is 0 Å². The van der Waals surface area contributed by atoms with Gasteiger partial charge in [0.2, 0.25) is 5.91 Å². The number of carboxylic acids is 1. The van der Waals surface area contributed by atoms with E-state index in [1.54, 1.807) is 13.8 Å². The van der Waals surface area contributed by atoms with Crippen molar-refractivity contribution in [1.82, 2.24) is 5.32 Å². The summed E-state index contributed by atoms with van der Waals surface area (Å²) < 4.78 is 0. The third-order valence-corrected chi connectivity index (χ3v) is 2.25. The zero-order valence-corrected chi connectivity index (χ0v) is 9.52. The van der Waals surface area contributed by atoms with E-state index in [2.05, 4.69) is 5.32 Å². The minimum absolute atomic E-state index is 0.139. The monoisotopic (exact) mass is 232 g/mol. The summed E-state index contributed by atoms with van der Waals surface area (Å²) >= 11 is 0. The second-order valence-electron chi connectivity index (χ2n) is 4.32. The summed E-state index contributed by atoms with van der Waals surface area (Å²) in [6.07, 6.45) is -1.21. The predicted molar refractivity (Wildman–Crippen MR) is 54.1 cm³/mol. The normalized spacial score (nSPS) is 13.2. The highest BCUT2D eigenvalue weighted by Crippen LogP contribution is 2.19. The van der Waals surface area contributed by atoms with Crippen molar-refractivity contribution >= 4 is 11.9 Å². The van der Waals surface area contributed by atoms with Crippen molar-refractivity contribution in [3.63, 3.8) is 0 Å². The average molecular weight is 232 g/mol. The number of aliphatic hydroxyl groups excluding tert-OH is 2. The van der Waals surface area contributed by atoms with Crippen molar-refractivity contribution in [3.05, 3.63) is 0 Å². The van der Waals surface area contributed by atoms with Crippen LogP contribution >= 0.6 is 0 Å². The van der Waals surface area contributed by atoms with E-state index in [1.807, 2.05) is 0 Å². The fraction of sp³-hybridized carbons (Fsp3) is 0.800. The number of hydrogen-bond acceptors (Lipinski definition) is 5. The predicted octanol–water partition coefficient (Wildman–Crippen LogP) is -1.99. The van der Waals surface area contributed by atoms with Crippen LogP contribution in [0, 0.1) is 5.41 Å². The molecule has 0 radical (unpaired) electrons. The Balaban J connectivity index is 3.93. The van der Waals surface area contributed by atoms with Gasteiger partial charge in [-0.3, -0.25) is 4.79 Å². The van der Waals surface area contributed by atoms with Crippen LogP contribution in [-0.2, 0) is 9.59 Å². The smallest absolute Gasteiger partial charge is 0.249 e. The van der Waals surface area contributed by atoms with Gasteiger partial charge in [-0.1, -0.05) is 13.8 Å². The Morgan fingerprint density at radius 1 is 1.44 bits per heavy atom. The van der Waals surface area contributed by atoms with Gasteiger partial charge in [0.25, 0.3) is 0 Å². The molecule has 0 fully saturated rings. The first kappa shape index (κ1) is 14.9. The Morgan fingerprint density at radius 2 is 2.00 bits per heavy atom. The molecule has 94 valence electrons. The van der Waals surface area contributed by atoms with Crippen LogP contribution in [0.25, 0.3) is 0 Å². The number of carboxylic acid groups (broad SMARTS) is 1. The Bertz CT molecular complexity index is 252. The molecule has 0 heterocycles. The number of rotatable bonds is 7. The van der Waals surface area contributed by atoms with Crippen molar-refractivity contribution in [2.45, 2.75) is 32.8 Å². The summed E-state index contributed by atoms with van der Waals surface area (Å²) in [5.41, 5.74) is -0.918. The van der Waals surface area contributed by atoms with E-state index in [-0.39, 0.29) is 26.0 Å². The van der Waals surface area contributed by atoms with Crippen molar-refractivity contribution in [3.8, 4) is 0 Å². The molecule has 0 rings (SSSR count). The number of nitrogens with one attached hydrogen (secondary N) is 1. The number of hydrogen-bond donors (Lipinski definition) is 3. The molecule has 0 aliphatic heterocycles. The summed E-state index contributed by atoms with van der Waals surface area (Å²) in [5, 5.41) is 30.9. The Labute approximate surface area is 94.3 Å². The number of carbonyl (C=O) groups excluding carboxylic acids is 2. The molecule has 0 aromatic rings. The van der Waals surface area contributed by atoms with E-state index in [0.29, 0.717) is 0 Å². The van der Waals surface area contributed by atoms with Crippen LogP contribution in [0.3, 0.4) is 0 Å². The molecular weight excluding hydrogens is 214 g/mol. The van der Waals surface area contributed by atoms with Crippen LogP contribution < -0.4 is 10.4 Å². The van der Waals surface area contributed by atoms with E-state index in [4.69, 9.17) is 5.11 Å². The Hall–Kier alpha value is -1.14. The van der Waals surface area contributed by atoms with Gasteiger partial charge in [0.05, 0.1) is 6.61 Å². The molecule has 3 N–H and O–H groups in total. The maximum Gasteiger partial charge on any atom is 0.249 e. The molecule has 0 aliphatic rings. The van der Waals surface area contributed by atoms with Crippen LogP contribution in [0.4, 0.5) is 0 Å². The van der Waals surface area contributed by atoms with Crippen molar-refractivity contribution in [2.24, 2.45) is 5.41 Å². The second kappa shape index (κ2) is 6.44.